The van der Waals surface area contributed by atoms with Crippen molar-refractivity contribution in [3.8, 4) is 5.75 Å². The van der Waals surface area contributed by atoms with Crippen LogP contribution in [0.15, 0.2) is 18.2 Å². The van der Waals surface area contributed by atoms with Gasteiger partial charge in [-0.2, -0.15) is 0 Å². The first kappa shape index (κ1) is 11.1. The van der Waals surface area contributed by atoms with Gasteiger partial charge in [0.2, 0.25) is 0 Å². The van der Waals surface area contributed by atoms with E-state index < -0.39 is 0 Å². The van der Waals surface area contributed by atoms with E-state index >= 15 is 0 Å². The topological polar surface area (TPSA) is 29.5 Å². The summed E-state index contributed by atoms with van der Waals surface area (Å²) < 4.78 is 5.66. The number of hydrogen-bond donors (Lipinski definition) is 1. The Bertz CT molecular complexity index is 292. The molecule has 0 unspecified atom stereocenters. The van der Waals surface area contributed by atoms with Crippen molar-refractivity contribution in [2.24, 2.45) is 5.92 Å². The Balaban J connectivity index is 2.82. The van der Waals surface area contributed by atoms with Gasteiger partial charge in [0.05, 0.1) is 13.2 Å². The van der Waals surface area contributed by atoms with Gasteiger partial charge in [-0.3, -0.25) is 0 Å². The summed E-state index contributed by atoms with van der Waals surface area (Å²) in [6.07, 6.45) is 0. The summed E-state index contributed by atoms with van der Waals surface area (Å²) in [5.74, 6) is 1.34. The number of rotatable bonds is 4. The van der Waals surface area contributed by atoms with E-state index in [4.69, 9.17) is 9.84 Å². The fourth-order valence-electron chi connectivity index (χ4n) is 1.29. The molecule has 0 heterocycles. The maximum Gasteiger partial charge on any atom is 0.127 e. The number of aryl methyl sites for hydroxylation is 1. The molecule has 0 spiro atoms. The minimum absolute atomic E-state index is 0.0368. The summed E-state index contributed by atoms with van der Waals surface area (Å²) in [7, 11) is 0. The third-order valence-corrected chi connectivity index (χ3v) is 2.02. The highest BCUT2D eigenvalue weighted by Crippen LogP contribution is 2.23. The second kappa shape index (κ2) is 5.01. The van der Waals surface area contributed by atoms with E-state index in [1.165, 1.54) is 0 Å². The second-order valence-electron chi connectivity index (χ2n) is 3.93. The average molecular weight is 194 g/mol. The molecule has 0 saturated carbocycles. The van der Waals surface area contributed by atoms with Crippen molar-refractivity contribution in [2.75, 3.05) is 6.61 Å². The van der Waals surface area contributed by atoms with Gasteiger partial charge >= 0.3 is 0 Å². The summed E-state index contributed by atoms with van der Waals surface area (Å²) in [6.45, 7) is 6.94. The van der Waals surface area contributed by atoms with Gasteiger partial charge in [-0.05, 0) is 18.4 Å². The van der Waals surface area contributed by atoms with Crippen LogP contribution in [0, 0.1) is 12.8 Å². The normalized spacial score (nSPS) is 10.6. The predicted molar refractivity (Wildman–Crippen MR) is 57.4 cm³/mol. The molecule has 0 aliphatic heterocycles. The molecule has 0 atom stereocenters. The molecule has 1 aromatic rings. The molecule has 0 saturated heterocycles. The lowest BCUT2D eigenvalue weighted by Gasteiger charge is -2.14. The van der Waals surface area contributed by atoms with Crippen molar-refractivity contribution >= 4 is 0 Å². The predicted octanol–water partition coefficient (Wildman–Crippen LogP) is 2.52. The highest BCUT2D eigenvalue weighted by Gasteiger charge is 2.06. The number of para-hydroxylation sites is 1. The summed E-state index contributed by atoms with van der Waals surface area (Å²) >= 11 is 0. The largest absolute Gasteiger partial charge is 0.493 e. The zero-order chi connectivity index (χ0) is 10.6. The average Bonchev–Trinajstić information content (AvgIpc) is 2.15. The molecule has 0 aliphatic carbocycles. The van der Waals surface area contributed by atoms with E-state index in [0.717, 1.165) is 16.9 Å². The lowest BCUT2D eigenvalue weighted by molar-refractivity contribution is 0.244. The minimum atomic E-state index is 0.0368. The Kier molecular flexibility index (Phi) is 3.96. The zero-order valence-corrected chi connectivity index (χ0v) is 9.08. The summed E-state index contributed by atoms with van der Waals surface area (Å²) in [5.41, 5.74) is 1.95. The molecule has 2 nitrogen and oxygen atoms in total. The van der Waals surface area contributed by atoms with Crippen molar-refractivity contribution in [3.63, 3.8) is 0 Å². The van der Waals surface area contributed by atoms with Crippen LogP contribution in [0.3, 0.4) is 0 Å². The molecule has 1 rings (SSSR count). The molecule has 1 aromatic carbocycles. The van der Waals surface area contributed by atoms with E-state index in [9.17, 15) is 0 Å². The fourth-order valence-corrected chi connectivity index (χ4v) is 1.29. The van der Waals surface area contributed by atoms with Crippen LogP contribution in [0.1, 0.15) is 25.0 Å². The molecule has 1 N–H and O–H groups in total. The second-order valence-corrected chi connectivity index (χ2v) is 3.93. The molecular weight excluding hydrogens is 176 g/mol. The Morgan fingerprint density at radius 2 is 2.07 bits per heavy atom. The van der Waals surface area contributed by atoms with Crippen LogP contribution in [0.25, 0.3) is 0 Å². The van der Waals surface area contributed by atoms with Crippen LogP contribution in [0.5, 0.6) is 5.75 Å². The first-order valence-corrected chi connectivity index (χ1v) is 4.97. The Labute approximate surface area is 85.5 Å². The van der Waals surface area contributed by atoms with E-state index in [0.29, 0.717) is 12.5 Å². The van der Waals surface area contributed by atoms with Crippen molar-refractivity contribution < 1.29 is 9.84 Å². The molecule has 2 heteroatoms. The van der Waals surface area contributed by atoms with Crippen LogP contribution in [0.4, 0.5) is 0 Å². The summed E-state index contributed by atoms with van der Waals surface area (Å²) in [6, 6.07) is 5.82. The van der Waals surface area contributed by atoms with Crippen LogP contribution < -0.4 is 4.74 Å². The van der Waals surface area contributed by atoms with Gasteiger partial charge in [-0.25, -0.2) is 0 Å². The van der Waals surface area contributed by atoms with E-state index in [1.54, 1.807) is 0 Å². The summed E-state index contributed by atoms with van der Waals surface area (Å²) in [4.78, 5) is 0. The number of benzene rings is 1. The van der Waals surface area contributed by atoms with Gasteiger partial charge in [0.15, 0.2) is 0 Å². The Morgan fingerprint density at radius 3 is 2.64 bits per heavy atom. The molecule has 0 bridgehead atoms. The van der Waals surface area contributed by atoms with Crippen molar-refractivity contribution in [2.45, 2.75) is 27.4 Å². The van der Waals surface area contributed by atoms with Crippen LogP contribution >= 0.6 is 0 Å². The minimum Gasteiger partial charge on any atom is -0.493 e. The van der Waals surface area contributed by atoms with Gasteiger partial charge in [-0.15, -0.1) is 0 Å². The first-order valence-electron chi connectivity index (χ1n) is 4.97. The molecule has 0 radical (unpaired) electrons. The number of aliphatic hydroxyl groups excluding tert-OH is 1. The standard InChI is InChI=1S/C12H18O2/c1-9(2)8-14-12-10(3)5-4-6-11(12)7-13/h4-6,9,13H,7-8H2,1-3H3. The van der Waals surface area contributed by atoms with Crippen molar-refractivity contribution in [1.82, 2.24) is 0 Å². The maximum absolute atomic E-state index is 9.13. The lowest BCUT2D eigenvalue weighted by Crippen LogP contribution is -2.07. The van der Waals surface area contributed by atoms with E-state index in [1.807, 2.05) is 25.1 Å². The molecule has 78 valence electrons. The quantitative estimate of drug-likeness (QED) is 0.798. The fraction of sp³-hybridized carbons (Fsp3) is 0.500. The van der Waals surface area contributed by atoms with Crippen LogP contribution in [0.2, 0.25) is 0 Å². The van der Waals surface area contributed by atoms with Gasteiger partial charge in [-0.1, -0.05) is 32.0 Å². The van der Waals surface area contributed by atoms with E-state index in [-0.39, 0.29) is 6.61 Å². The number of aliphatic hydroxyl groups is 1. The SMILES string of the molecule is Cc1cccc(CO)c1OCC(C)C. The monoisotopic (exact) mass is 194 g/mol. The van der Waals surface area contributed by atoms with Crippen molar-refractivity contribution in [1.29, 1.82) is 0 Å². The smallest absolute Gasteiger partial charge is 0.127 e. The molecule has 0 amide bonds. The Morgan fingerprint density at radius 1 is 1.36 bits per heavy atom. The third kappa shape index (κ3) is 2.74. The van der Waals surface area contributed by atoms with Gasteiger partial charge in [0.25, 0.3) is 0 Å². The van der Waals surface area contributed by atoms with Gasteiger partial charge < -0.3 is 9.84 Å². The van der Waals surface area contributed by atoms with Gasteiger partial charge in [0, 0.05) is 5.56 Å². The van der Waals surface area contributed by atoms with Crippen molar-refractivity contribution in [3.05, 3.63) is 29.3 Å². The highest BCUT2D eigenvalue weighted by atomic mass is 16.5. The van der Waals surface area contributed by atoms with Gasteiger partial charge in [0.1, 0.15) is 5.75 Å². The Hall–Kier alpha value is -1.02. The van der Waals surface area contributed by atoms with E-state index in [2.05, 4.69) is 13.8 Å². The number of hydrogen-bond acceptors (Lipinski definition) is 2. The zero-order valence-electron chi connectivity index (χ0n) is 9.08. The number of ether oxygens (including phenoxy) is 1. The highest BCUT2D eigenvalue weighted by molar-refractivity contribution is 5.40. The summed E-state index contributed by atoms with van der Waals surface area (Å²) in [5, 5.41) is 9.13. The first-order chi connectivity index (χ1) is 6.65. The van der Waals surface area contributed by atoms with Crippen LogP contribution in [-0.4, -0.2) is 11.7 Å². The maximum atomic E-state index is 9.13. The molecule has 14 heavy (non-hydrogen) atoms. The molecule has 0 fully saturated rings. The third-order valence-electron chi connectivity index (χ3n) is 2.02. The molecule has 0 aromatic heterocycles. The molecule has 0 aliphatic rings. The van der Waals surface area contributed by atoms with Crippen LogP contribution in [-0.2, 0) is 6.61 Å². The lowest BCUT2D eigenvalue weighted by atomic mass is 10.1. The molecular formula is C12H18O2.